The third-order valence-corrected chi connectivity index (χ3v) is 14.4. The highest BCUT2D eigenvalue weighted by molar-refractivity contribution is 5.71. The summed E-state index contributed by atoms with van der Waals surface area (Å²) < 4.78 is 16.9. The van der Waals surface area contributed by atoms with Crippen molar-refractivity contribution in [2.75, 3.05) is 13.2 Å². The van der Waals surface area contributed by atoms with Crippen LogP contribution >= 0.6 is 0 Å². The molecule has 0 N–H and O–H groups in total. The van der Waals surface area contributed by atoms with E-state index in [1.54, 1.807) is 0 Å². The minimum Gasteiger partial charge on any atom is -0.462 e. The smallest absolute Gasteiger partial charge is 0.306 e. The Morgan fingerprint density at radius 2 is 0.513 bits per heavy atom. The standard InChI is InChI=1S/C70H124O6/c1-4-7-10-13-16-19-21-23-25-27-29-31-32-33-34-35-36-37-38-40-41-43-45-47-49-51-54-57-60-63-69(72)75-66-67(65-74-68(71)62-59-56-53-18-15-12-9-6-3)76-70(73)64-61-58-55-52-50-48-46-44-42-39-30-28-26-24-22-20-17-14-11-8-5-2/h7,10,16,19,23,25,28-31,33-34,67H,4-6,8-9,11-15,17-18,20-22,24,26-27,32,35-66H2,1-3H3/b10-7-,19-16-,25-23-,30-28-,31-29-,34-33-. The molecular formula is C70H124O6. The Labute approximate surface area is 472 Å². The highest BCUT2D eigenvalue weighted by Crippen LogP contribution is 2.17. The second-order valence-corrected chi connectivity index (χ2v) is 22.0. The Morgan fingerprint density at radius 3 is 0.816 bits per heavy atom. The van der Waals surface area contributed by atoms with Crippen LogP contribution in [-0.2, 0) is 28.6 Å². The van der Waals surface area contributed by atoms with E-state index >= 15 is 0 Å². The van der Waals surface area contributed by atoms with Crippen LogP contribution in [0.4, 0.5) is 0 Å². The van der Waals surface area contributed by atoms with Gasteiger partial charge in [0.15, 0.2) is 6.10 Å². The van der Waals surface area contributed by atoms with Crippen molar-refractivity contribution in [1.29, 1.82) is 0 Å². The van der Waals surface area contributed by atoms with Crippen LogP contribution in [0.3, 0.4) is 0 Å². The van der Waals surface area contributed by atoms with Crippen molar-refractivity contribution < 1.29 is 28.6 Å². The number of allylic oxidation sites excluding steroid dienone is 12. The third kappa shape index (κ3) is 61.7. The summed E-state index contributed by atoms with van der Waals surface area (Å²) in [5.74, 6) is -0.864. The molecule has 76 heavy (non-hydrogen) atoms. The van der Waals surface area contributed by atoms with Crippen LogP contribution in [0.15, 0.2) is 72.9 Å². The molecule has 0 aromatic heterocycles. The maximum atomic E-state index is 12.9. The number of ether oxygens (including phenoxy) is 3. The lowest BCUT2D eigenvalue weighted by molar-refractivity contribution is -0.167. The summed E-state index contributed by atoms with van der Waals surface area (Å²) in [6.45, 7) is 6.53. The van der Waals surface area contributed by atoms with Gasteiger partial charge >= 0.3 is 17.9 Å². The number of unbranched alkanes of at least 4 members (excludes halogenated alkanes) is 37. The van der Waals surface area contributed by atoms with E-state index in [0.717, 1.165) is 89.9 Å². The van der Waals surface area contributed by atoms with E-state index in [1.807, 2.05) is 0 Å². The van der Waals surface area contributed by atoms with Gasteiger partial charge in [0.2, 0.25) is 0 Å². The molecule has 0 aliphatic carbocycles. The van der Waals surface area contributed by atoms with Crippen molar-refractivity contribution in [3.63, 3.8) is 0 Å². The van der Waals surface area contributed by atoms with Crippen LogP contribution in [0.5, 0.6) is 0 Å². The van der Waals surface area contributed by atoms with E-state index in [0.29, 0.717) is 19.3 Å². The largest absolute Gasteiger partial charge is 0.462 e. The third-order valence-electron chi connectivity index (χ3n) is 14.4. The number of hydrogen-bond acceptors (Lipinski definition) is 6. The molecule has 0 fully saturated rings. The first kappa shape index (κ1) is 72.8. The molecule has 0 bridgehead atoms. The van der Waals surface area contributed by atoms with Gasteiger partial charge in [-0.3, -0.25) is 14.4 Å². The molecule has 0 aliphatic heterocycles. The Bertz CT molecular complexity index is 1400. The lowest BCUT2D eigenvalue weighted by Gasteiger charge is -2.18. The Balaban J connectivity index is 4.13. The van der Waals surface area contributed by atoms with Crippen LogP contribution < -0.4 is 0 Å². The fourth-order valence-corrected chi connectivity index (χ4v) is 9.53. The van der Waals surface area contributed by atoms with Gasteiger partial charge in [-0.05, 0) is 89.9 Å². The topological polar surface area (TPSA) is 78.9 Å². The highest BCUT2D eigenvalue weighted by Gasteiger charge is 2.19. The maximum absolute atomic E-state index is 12.9. The lowest BCUT2D eigenvalue weighted by atomic mass is 10.0. The summed E-state index contributed by atoms with van der Waals surface area (Å²) in [7, 11) is 0. The average molecular weight is 1060 g/mol. The summed E-state index contributed by atoms with van der Waals surface area (Å²) in [6.07, 6.45) is 83.6. The summed E-state index contributed by atoms with van der Waals surface area (Å²) in [6, 6.07) is 0. The Hall–Kier alpha value is -3.15. The van der Waals surface area contributed by atoms with Gasteiger partial charge in [-0.15, -0.1) is 0 Å². The summed E-state index contributed by atoms with van der Waals surface area (Å²) in [5, 5.41) is 0. The van der Waals surface area contributed by atoms with E-state index < -0.39 is 6.10 Å². The lowest BCUT2D eigenvalue weighted by Crippen LogP contribution is -2.30. The first-order chi connectivity index (χ1) is 37.5. The predicted molar refractivity (Wildman–Crippen MR) is 330 cm³/mol. The van der Waals surface area contributed by atoms with E-state index in [9.17, 15) is 14.4 Å². The van der Waals surface area contributed by atoms with Crippen LogP contribution in [0.2, 0.25) is 0 Å². The quantitative estimate of drug-likeness (QED) is 0.0261. The fraction of sp³-hybridized carbons (Fsp3) is 0.786. The summed E-state index contributed by atoms with van der Waals surface area (Å²) in [5.41, 5.74) is 0. The van der Waals surface area contributed by atoms with Crippen molar-refractivity contribution in [2.45, 2.75) is 341 Å². The van der Waals surface area contributed by atoms with Gasteiger partial charge in [0.05, 0.1) is 0 Å². The molecular weight excluding hydrogens is 937 g/mol. The molecule has 0 rings (SSSR count). The van der Waals surface area contributed by atoms with Crippen molar-refractivity contribution in [3.8, 4) is 0 Å². The zero-order valence-corrected chi connectivity index (χ0v) is 50.5. The first-order valence-corrected chi connectivity index (χ1v) is 32.9. The zero-order chi connectivity index (χ0) is 55.0. The molecule has 0 heterocycles. The van der Waals surface area contributed by atoms with E-state index in [1.165, 1.54) is 205 Å². The van der Waals surface area contributed by atoms with Gasteiger partial charge in [-0.2, -0.15) is 0 Å². The van der Waals surface area contributed by atoms with Crippen molar-refractivity contribution in [3.05, 3.63) is 72.9 Å². The normalized spacial score (nSPS) is 12.5. The molecule has 1 atom stereocenters. The van der Waals surface area contributed by atoms with Gasteiger partial charge in [-0.1, -0.05) is 299 Å². The second-order valence-electron chi connectivity index (χ2n) is 22.0. The molecule has 0 radical (unpaired) electrons. The first-order valence-electron chi connectivity index (χ1n) is 32.9. The molecule has 0 spiro atoms. The van der Waals surface area contributed by atoms with Gasteiger partial charge < -0.3 is 14.2 Å². The molecule has 0 aliphatic rings. The molecule has 6 heteroatoms. The monoisotopic (exact) mass is 1060 g/mol. The predicted octanol–water partition coefficient (Wildman–Crippen LogP) is 22.5. The number of carbonyl (C=O) groups excluding carboxylic acids is 3. The Kier molecular flexibility index (Phi) is 61.7. The maximum Gasteiger partial charge on any atom is 0.306 e. The van der Waals surface area contributed by atoms with E-state index in [2.05, 4.69) is 93.7 Å². The molecule has 0 amide bonds. The van der Waals surface area contributed by atoms with Gasteiger partial charge in [-0.25, -0.2) is 0 Å². The van der Waals surface area contributed by atoms with Crippen molar-refractivity contribution in [1.82, 2.24) is 0 Å². The van der Waals surface area contributed by atoms with Crippen LogP contribution in [0, 0.1) is 0 Å². The SMILES string of the molecule is CC/C=C\C/C=C\C/C=C\C/C=C\C/C=C\CCCCCCCCCCCCCCCC(=O)OCC(COC(=O)CCCCCCCCCC)OC(=O)CCCCCCCCCCC/C=C\CCCCCCCCCC. The fourth-order valence-electron chi connectivity index (χ4n) is 9.53. The minimum atomic E-state index is -0.774. The van der Waals surface area contributed by atoms with Gasteiger partial charge in [0.25, 0.3) is 0 Å². The van der Waals surface area contributed by atoms with E-state index in [-0.39, 0.29) is 31.1 Å². The van der Waals surface area contributed by atoms with Crippen molar-refractivity contribution in [2.24, 2.45) is 0 Å². The highest BCUT2D eigenvalue weighted by atomic mass is 16.6. The molecule has 0 saturated carbocycles. The number of esters is 3. The van der Waals surface area contributed by atoms with E-state index in [4.69, 9.17) is 14.2 Å². The zero-order valence-electron chi connectivity index (χ0n) is 50.5. The molecule has 0 aromatic carbocycles. The van der Waals surface area contributed by atoms with Crippen LogP contribution in [0.1, 0.15) is 335 Å². The molecule has 0 saturated heterocycles. The second kappa shape index (κ2) is 64.4. The number of carbonyl (C=O) groups is 3. The number of hydrogen-bond donors (Lipinski definition) is 0. The summed E-state index contributed by atoms with van der Waals surface area (Å²) in [4.78, 5) is 38.2. The molecule has 0 aromatic rings. The minimum absolute atomic E-state index is 0.0725. The molecule has 440 valence electrons. The molecule has 1 unspecified atom stereocenters. The van der Waals surface area contributed by atoms with Crippen LogP contribution in [-0.4, -0.2) is 37.2 Å². The van der Waals surface area contributed by atoms with Gasteiger partial charge in [0, 0.05) is 19.3 Å². The average Bonchev–Trinajstić information content (AvgIpc) is 3.42. The number of rotatable bonds is 60. The van der Waals surface area contributed by atoms with Crippen LogP contribution in [0.25, 0.3) is 0 Å². The molecule has 6 nitrogen and oxygen atoms in total. The van der Waals surface area contributed by atoms with Gasteiger partial charge in [0.1, 0.15) is 13.2 Å². The Morgan fingerprint density at radius 1 is 0.276 bits per heavy atom. The summed E-state index contributed by atoms with van der Waals surface area (Å²) >= 11 is 0. The van der Waals surface area contributed by atoms with Crippen molar-refractivity contribution >= 4 is 17.9 Å².